The highest BCUT2D eigenvalue weighted by molar-refractivity contribution is 7.80. The van der Waals surface area contributed by atoms with E-state index in [1.54, 1.807) is 0 Å². The maximum atomic E-state index is 11.6. The number of nitrogens with one attached hydrogen (secondary N) is 1. The SMILES string of the molecule is CCCCCNC(CC(=O)OCS)C(=O)OCS. The van der Waals surface area contributed by atoms with E-state index in [-0.39, 0.29) is 18.3 Å². The lowest BCUT2D eigenvalue weighted by atomic mass is 10.2. The summed E-state index contributed by atoms with van der Waals surface area (Å²) in [6, 6.07) is -0.679. The summed E-state index contributed by atoms with van der Waals surface area (Å²) in [5.41, 5.74) is 0. The van der Waals surface area contributed by atoms with E-state index in [1.807, 2.05) is 0 Å². The number of ether oxygens (including phenoxy) is 2. The molecule has 0 aromatic heterocycles. The molecule has 0 heterocycles. The number of thiol groups is 2. The number of carbonyl (C=O) groups excluding carboxylic acids is 2. The van der Waals surface area contributed by atoms with Gasteiger partial charge >= 0.3 is 11.9 Å². The lowest BCUT2D eigenvalue weighted by Gasteiger charge is -2.16. The number of carbonyl (C=O) groups is 2. The zero-order chi connectivity index (χ0) is 13.8. The molecular weight excluding hydrogens is 274 g/mol. The maximum absolute atomic E-state index is 11.6. The minimum Gasteiger partial charge on any atom is -0.455 e. The van der Waals surface area contributed by atoms with Crippen molar-refractivity contribution in [1.82, 2.24) is 5.32 Å². The smallest absolute Gasteiger partial charge is 0.324 e. The van der Waals surface area contributed by atoms with Gasteiger partial charge in [0.1, 0.15) is 17.9 Å². The Morgan fingerprint density at radius 1 is 1.17 bits per heavy atom. The minimum absolute atomic E-state index is 0.00298. The van der Waals surface area contributed by atoms with Gasteiger partial charge in [-0.25, -0.2) is 0 Å². The predicted molar refractivity (Wildman–Crippen MR) is 75.8 cm³/mol. The van der Waals surface area contributed by atoms with Crippen LogP contribution in [0, 0.1) is 0 Å². The number of rotatable bonds is 10. The molecule has 1 atom stereocenters. The quantitative estimate of drug-likeness (QED) is 0.246. The monoisotopic (exact) mass is 295 g/mol. The lowest BCUT2D eigenvalue weighted by molar-refractivity contribution is -0.150. The van der Waals surface area contributed by atoms with Crippen molar-refractivity contribution in [1.29, 1.82) is 0 Å². The first-order chi connectivity index (χ1) is 8.65. The summed E-state index contributed by atoms with van der Waals surface area (Å²) in [4.78, 5) is 22.9. The van der Waals surface area contributed by atoms with Crippen molar-refractivity contribution in [3.05, 3.63) is 0 Å². The van der Waals surface area contributed by atoms with Crippen molar-refractivity contribution in [2.24, 2.45) is 0 Å². The van der Waals surface area contributed by atoms with Gasteiger partial charge in [0.2, 0.25) is 0 Å². The fourth-order valence-electron chi connectivity index (χ4n) is 1.35. The normalized spacial score (nSPS) is 11.9. The zero-order valence-corrected chi connectivity index (χ0v) is 12.3. The van der Waals surface area contributed by atoms with Crippen LogP contribution in [0.25, 0.3) is 0 Å². The first-order valence-electron chi connectivity index (χ1n) is 5.93. The van der Waals surface area contributed by atoms with E-state index < -0.39 is 18.0 Å². The molecule has 18 heavy (non-hydrogen) atoms. The molecule has 0 fully saturated rings. The minimum atomic E-state index is -0.679. The molecule has 106 valence electrons. The van der Waals surface area contributed by atoms with Crippen LogP contribution in [-0.4, -0.2) is 36.4 Å². The number of hydrogen-bond donors (Lipinski definition) is 3. The Hall–Kier alpha value is -0.400. The topological polar surface area (TPSA) is 64.6 Å². The van der Waals surface area contributed by atoms with E-state index in [4.69, 9.17) is 4.74 Å². The molecule has 0 spiro atoms. The third-order valence-corrected chi connectivity index (χ3v) is 2.52. The fourth-order valence-corrected chi connectivity index (χ4v) is 1.62. The third kappa shape index (κ3) is 8.66. The van der Waals surface area contributed by atoms with E-state index >= 15 is 0 Å². The molecule has 0 rings (SSSR count). The molecule has 5 nitrogen and oxygen atoms in total. The molecule has 0 aromatic rings. The van der Waals surface area contributed by atoms with Crippen molar-refractivity contribution < 1.29 is 19.1 Å². The van der Waals surface area contributed by atoms with Gasteiger partial charge < -0.3 is 14.8 Å². The summed E-state index contributed by atoms with van der Waals surface area (Å²) < 4.78 is 9.46. The maximum Gasteiger partial charge on any atom is 0.324 e. The van der Waals surface area contributed by atoms with E-state index in [9.17, 15) is 9.59 Å². The summed E-state index contributed by atoms with van der Waals surface area (Å²) in [6.45, 7) is 2.75. The van der Waals surface area contributed by atoms with Crippen LogP contribution in [0.2, 0.25) is 0 Å². The van der Waals surface area contributed by atoms with Crippen molar-refractivity contribution in [3.63, 3.8) is 0 Å². The highest BCUT2D eigenvalue weighted by Crippen LogP contribution is 2.01. The molecule has 0 radical (unpaired) electrons. The van der Waals surface area contributed by atoms with Gasteiger partial charge in [0.25, 0.3) is 0 Å². The van der Waals surface area contributed by atoms with Crippen molar-refractivity contribution >= 4 is 37.2 Å². The zero-order valence-electron chi connectivity index (χ0n) is 10.6. The van der Waals surface area contributed by atoms with Crippen molar-refractivity contribution in [3.8, 4) is 0 Å². The Kier molecular flexibility index (Phi) is 11.4. The number of unbranched alkanes of at least 4 members (excludes halogenated alkanes) is 2. The van der Waals surface area contributed by atoms with Gasteiger partial charge in [-0.05, 0) is 13.0 Å². The number of esters is 2. The van der Waals surface area contributed by atoms with Gasteiger partial charge in [0, 0.05) is 0 Å². The van der Waals surface area contributed by atoms with Crippen LogP contribution < -0.4 is 5.32 Å². The van der Waals surface area contributed by atoms with Crippen LogP contribution in [-0.2, 0) is 19.1 Å². The van der Waals surface area contributed by atoms with E-state index in [1.165, 1.54) is 0 Å². The summed E-state index contributed by atoms with van der Waals surface area (Å²) in [7, 11) is 0. The molecule has 1 N–H and O–H groups in total. The van der Waals surface area contributed by atoms with Gasteiger partial charge in [0.15, 0.2) is 0 Å². The van der Waals surface area contributed by atoms with Crippen molar-refractivity contribution in [2.75, 3.05) is 18.4 Å². The molecule has 1 unspecified atom stereocenters. The van der Waals surface area contributed by atoms with Gasteiger partial charge in [-0.1, -0.05) is 19.8 Å². The third-order valence-electron chi connectivity index (χ3n) is 2.26. The highest BCUT2D eigenvalue weighted by Gasteiger charge is 2.23. The van der Waals surface area contributed by atoms with Gasteiger partial charge in [-0.2, -0.15) is 0 Å². The summed E-state index contributed by atoms with van der Waals surface area (Å²) >= 11 is 7.59. The summed E-state index contributed by atoms with van der Waals surface area (Å²) in [5, 5.41) is 2.99. The Balaban J connectivity index is 4.15. The lowest BCUT2D eigenvalue weighted by Crippen LogP contribution is -2.40. The molecule has 0 saturated carbocycles. The highest BCUT2D eigenvalue weighted by atomic mass is 32.1. The van der Waals surface area contributed by atoms with E-state index in [0.717, 1.165) is 19.3 Å². The van der Waals surface area contributed by atoms with Crippen LogP contribution in [0.1, 0.15) is 32.6 Å². The standard InChI is InChI=1S/C11H21NO4S2/c1-2-3-4-5-12-9(11(14)16-8-18)6-10(13)15-7-17/h9,12,17-18H,2-8H2,1H3. The Morgan fingerprint density at radius 3 is 2.39 bits per heavy atom. The molecule has 0 bridgehead atoms. The fraction of sp³-hybridized carbons (Fsp3) is 0.818. The second-order valence-electron chi connectivity index (χ2n) is 3.66. The molecule has 0 aromatic carbocycles. The van der Waals surface area contributed by atoms with Crippen LogP contribution in [0.15, 0.2) is 0 Å². The average Bonchev–Trinajstić information content (AvgIpc) is 2.33. The summed E-state index contributed by atoms with van der Waals surface area (Å²) in [5.74, 6) is -0.969. The van der Waals surface area contributed by atoms with Gasteiger partial charge in [0.05, 0.1) is 6.42 Å². The predicted octanol–water partition coefficient (Wildman–Crippen LogP) is 1.39. The van der Waals surface area contributed by atoms with Gasteiger partial charge in [-0.15, -0.1) is 25.3 Å². The molecule has 0 aliphatic carbocycles. The second-order valence-corrected chi connectivity index (χ2v) is 4.17. The molecule has 0 amide bonds. The average molecular weight is 295 g/mol. The first kappa shape index (κ1) is 17.6. The molecular formula is C11H21NO4S2. The van der Waals surface area contributed by atoms with Crippen LogP contribution in [0.5, 0.6) is 0 Å². The van der Waals surface area contributed by atoms with Crippen LogP contribution in [0.4, 0.5) is 0 Å². The Bertz CT molecular complexity index is 251. The van der Waals surface area contributed by atoms with E-state index in [0.29, 0.717) is 6.54 Å². The van der Waals surface area contributed by atoms with Crippen molar-refractivity contribution in [2.45, 2.75) is 38.6 Å². The van der Waals surface area contributed by atoms with Crippen LogP contribution in [0.3, 0.4) is 0 Å². The molecule has 0 aliphatic heterocycles. The van der Waals surface area contributed by atoms with Crippen LogP contribution >= 0.6 is 25.3 Å². The molecule has 0 aliphatic rings. The molecule has 0 saturated heterocycles. The number of hydrogen-bond acceptors (Lipinski definition) is 7. The Labute approximate surface area is 119 Å². The van der Waals surface area contributed by atoms with Gasteiger partial charge in [-0.3, -0.25) is 9.59 Å². The molecule has 7 heteroatoms. The first-order valence-corrected chi connectivity index (χ1v) is 7.19. The Morgan fingerprint density at radius 2 is 1.83 bits per heavy atom. The summed E-state index contributed by atoms with van der Waals surface area (Å²) in [6.07, 6.45) is 3.06. The second kappa shape index (κ2) is 11.7. The van der Waals surface area contributed by atoms with E-state index in [2.05, 4.69) is 42.2 Å². The largest absolute Gasteiger partial charge is 0.455 e.